The lowest BCUT2D eigenvalue weighted by molar-refractivity contribution is 0.00923. The molecule has 1 saturated heterocycles. The Kier molecular flexibility index (Phi) is 6.75. The number of ether oxygens (including phenoxy) is 1. The molecular formula is C19H36N2O2. The summed E-state index contributed by atoms with van der Waals surface area (Å²) in [6.07, 6.45) is 9.89. The third-order valence-electron chi connectivity index (χ3n) is 5.30. The molecule has 3 atom stereocenters. The van der Waals surface area contributed by atoms with Crippen LogP contribution in [-0.2, 0) is 4.74 Å². The molecule has 0 radical (unpaired) electrons. The van der Waals surface area contributed by atoms with Gasteiger partial charge in [0.25, 0.3) is 0 Å². The summed E-state index contributed by atoms with van der Waals surface area (Å²) in [4.78, 5) is 14.4. The average Bonchev–Trinajstić information content (AvgIpc) is 2.51. The molecule has 1 aliphatic carbocycles. The zero-order valence-corrected chi connectivity index (χ0v) is 15.6. The maximum Gasteiger partial charge on any atom is 0.410 e. The fourth-order valence-electron chi connectivity index (χ4n) is 4.03. The van der Waals surface area contributed by atoms with Crippen molar-refractivity contribution in [1.82, 2.24) is 10.2 Å². The van der Waals surface area contributed by atoms with Crippen LogP contribution in [0.3, 0.4) is 0 Å². The van der Waals surface area contributed by atoms with Crippen LogP contribution in [0.1, 0.15) is 79.1 Å². The second-order valence-electron chi connectivity index (χ2n) is 8.29. The Morgan fingerprint density at radius 3 is 2.52 bits per heavy atom. The highest BCUT2D eigenvalue weighted by Gasteiger charge is 2.31. The van der Waals surface area contributed by atoms with Gasteiger partial charge < -0.3 is 15.0 Å². The van der Waals surface area contributed by atoms with Gasteiger partial charge in [-0.2, -0.15) is 0 Å². The van der Waals surface area contributed by atoms with E-state index in [1.807, 2.05) is 25.7 Å². The number of carbonyl (C=O) groups excluding carboxylic acids is 1. The number of hydrogen-bond donors (Lipinski definition) is 1. The fraction of sp³-hybridized carbons (Fsp3) is 0.947. The van der Waals surface area contributed by atoms with Gasteiger partial charge in [-0.05, 0) is 58.8 Å². The summed E-state index contributed by atoms with van der Waals surface area (Å²) in [5.74, 6) is 0.808. The van der Waals surface area contributed by atoms with E-state index in [2.05, 4.69) is 12.2 Å². The van der Waals surface area contributed by atoms with E-state index in [4.69, 9.17) is 4.74 Å². The lowest BCUT2D eigenvalue weighted by Crippen LogP contribution is -2.52. The molecule has 134 valence electrons. The molecule has 1 amide bonds. The zero-order chi connectivity index (χ0) is 16.9. The molecule has 0 aromatic carbocycles. The maximum atomic E-state index is 12.5. The minimum absolute atomic E-state index is 0.139. The standard InChI is InChI=1S/C19H36N2O2/c1-5-15-10-6-7-12-17(15)20-14-16-11-8-9-13-21(16)18(22)23-19(2,3)4/h15-17,20H,5-14H2,1-4H3. The van der Waals surface area contributed by atoms with Gasteiger partial charge in [-0.1, -0.05) is 26.2 Å². The van der Waals surface area contributed by atoms with Crippen molar-refractivity contribution in [2.45, 2.75) is 96.7 Å². The first-order chi connectivity index (χ1) is 10.9. The second-order valence-corrected chi connectivity index (χ2v) is 8.29. The Morgan fingerprint density at radius 1 is 1.13 bits per heavy atom. The van der Waals surface area contributed by atoms with Gasteiger partial charge in [0.15, 0.2) is 0 Å². The van der Waals surface area contributed by atoms with Gasteiger partial charge in [-0.25, -0.2) is 4.79 Å². The van der Waals surface area contributed by atoms with Gasteiger partial charge in [0.2, 0.25) is 0 Å². The monoisotopic (exact) mass is 324 g/mol. The third-order valence-corrected chi connectivity index (χ3v) is 5.30. The Morgan fingerprint density at radius 2 is 1.83 bits per heavy atom. The predicted molar refractivity (Wildman–Crippen MR) is 94.6 cm³/mol. The van der Waals surface area contributed by atoms with Crippen molar-refractivity contribution in [1.29, 1.82) is 0 Å². The Balaban J connectivity index is 1.89. The van der Waals surface area contributed by atoms with Crippen molar-refractivity contribution in [3.63, 3.8) is 0 Å². The molecule has 4 heteroatoms. The number of nitrogens with zero attached hydrogens (tertiary/aromatic N) is 1. The largest absolute Gasteiger partial charge is 0.444 e. The van der Waals surface area contributed by atoms with Crippen molar-refractivity contribution in [3.05, 3.63) is 0 Å². The molecule has 0 aromatic rings. The van der Waals surface area contributed by atoms with Crippen LogP contribution in [0.4, 0.5) is 4.79 Å². The lowest BCUT2D eigenvalue weighted by atomic mass is 9.82. The van der Waals surface area contributed by atoms with Gasteiger partial charge in [0.05, 0.1) is 0 Å². The summed E-state index contributed by atoms with van der Waals surface area (Å²) in [5.41, 5.74) is -0.414. The number of amides is 1. The molecule has 0 spiro atoms. The summed E-state index contributed by atoms with van der Waals surface area (Å²) in [6.45, 7) is 9.88. The average molecular weight is 325 g/mol. The van der Waals surface area contributed by atoms with Crippen LogP contribution in [0, 0.1) is 5.92 Å². The van der Waals surface area contributed by atoms with Crippen molar-refractivity contribution in [2.24, 2.45) is 5.92 Å². The smallest absolute Gasteiger partial charge is 0.410 e. The molecule has 2 rings (SSSR count). The molecule has 1 aliphatic heterocycles. The van der Waals surface area contributed by atoms with E-state index in [0.717, 1.165) is 31.8 Å². The number of nitrogens with one attached hydrogen (secondary N) is 1. The highest BCUT2D eigenvalue weighted by atomic mass is 16.6. The molecule has 2 fully saturated rings. The molecule has 1 N–H and O–H groups in total. The highest BCUT2D eigenvalue weighted by molar-refractivity contribution is 5.68. The number of hydrogen-bond acceptors (Lipinski definition) is 3. The van der Waals surface area contributed by atoms with E-state index in [-0.39, 0.29) is 12.1 Å². The SMILES string of the molecule is CCC1CCCCC1NCC1CCCCN1C(=O)OC(C)(C)C. The molecule has 0 aromatic heterocycles. The van der Waals surface area contributed by atoms with Crippen molar-refractivity contribution < 1.29 is 9.53 Å². The number of rotatable bonds is 4. The van der Waals surface area contributed by atoms with E-state index in [1.165, 1.54) is 38.5 Å². The molecule has 0 bridgehead atoms. The molecule has 4 nitrogen and oxygen atoms in total. The van der Waals surface area contributed by atoms with Crippen LogP contribution in [-0.4, -0.2) is 41.8 Å². The van der Waals surface area contributed by atoms with Gasteiger partial charge >= 0.3 is 6.09 Å². The Labute approximate surface area is 142 Å². The molecule has 23 heavy (non-hydrogen) atoms. The van der Waals surface area contributed by atoms with Crippen molar-refractivity contribution >= 4 is 6.09 Å². The molecule has 1 saturated carbocycles. The second kappa shape index (κ2) is 8.36. The summed E-state index contributed by atoms with van der Waals surface area (Å²) in [6, 6.07) is 0.925. The molecule has 1 heterocycles. The fourth-order valence-corrected chi connectivity index (χ4v) is 4.03. The summed E-state index contributed by atoms with van der Waals surface area (Å²) < 4.78 is 5.60. The summed E-state index contributed by atoms with van der Waals surface area (Å²) in [5, 5.41) is 3.79. The summed E-state index contributed by atoms with van der Waals surface area (Å²) >= 11 is 0. The van der Waals surface area contributed by atoms with Gasteiger partial charge in [0, 0.05) is 25.2 Å². The Bertz CT molecular complexity index is 378. The van der Waals surface area contributed by atoms with E-state index in [1.54, 1.807) is 0 Å². The molecule has 3 unspecified atom stereocenters. The van der Waals surface area contributed by atoms with Crippen LogP contribution in [0.15, 0.2) is 0 Å². The van der Waals surface area contributed by atoms with Crippen molar-refractivity contribution in [3.8, 4) is 0 Å². The topological polar surface area (TPSA) is 41.6 Å². The minimum atomic E-state index is -0.414. The molecular weight excluding hydrogens is 288 g/mol. The quantitative estimate of drug-likeness (QED) is 0.836. The first kappa shape index (κ1) is 18.6. The number of likely N-dealkylation sites (tertiary alicyclic amines) is 1. The first-order valence-electron chi connectivity index (χ1n) is 9.63. The number of piperidine rings is 1. The first-order valence-corrected chi connectivity index (χ1v) is 9.63. The van der Waals surface area contributed by atoms with E-state index in [9.17, 15) is 4.79 Å². The van der Waals surface area contributed by atoms with Crippen LogP contribution in [0.2, 0.25) is 0 Å². The van der Waals surface area contributed by atoms with Crippen molar-refractivity contribution in [2.75, 3.05) is 13.1 Å². The number of carbonyl (C=O) groups is 1. The van der Waals surface area contributed by atoms with E-state index in [0.29, 0.717) is 6.04 Å². The van der Waals surface area contributed by atoms with E-state index < -0.39 is 5.60 Å². The van der Waals surface area contributed by atoms with Gasteiger partial charge in [-0.15, -0.1) is 0 Å². The Hall–Kier alpha value is -0.770. The van der Waals surface area contributed by atoms with Crippen LogP contribution >= 0.6 is 0 Å². The third kappa shape index (κ3) is 5.66. The van der Waals surface area contributed by atoms with E-state index >= 15 is 0 Å². The highest BCUT2D eigenvalue weighted by Crippen LogP contribution is 2.27. The minimum Gasteiger partial charge on any atom is -0.444 e. The predicted octanol–water partition coefficient (Wildman–Crippen LogP) is 4.33. The van der Waals surface area contributed by atoms with Crippen LogP contribution < -0.4 is 5.32 Å². The zero-order valence-electron chi connectivity index (χ0n) is 15.6. The normalized spacial score (nSPS) is 29.4. The lowest BCUT2D eigenvalue weighted by Gasteiger charge is -2.39. The van der Waals surface area contributed by atoms with Gasteiger partial charge in [0.1, 0.15) is 5.60 Å². The van der Waals surface area contributed by atoms with Gasteiger partial charge in [-0.3, -0.25) is 0 Å². The summed E-state index contributed by atoms with van der Waals surface area (Å²) in [7, 11) is 0. The van der Waals surface area contributed by atoms with Crippen LogP contribution in [0.5, 0.6) is 0 Å². The maximum absolute atomic E-state index is 12.5. The van der Waals surface area contributed by atoms with Crippen LogP contribution in [0.25, 0.3) is 0 Å². The molecule has 2 aliphatic rings.